The van der Waals surface area contributed by atoms with Crippen molar-refractivity contribution in [3.63, 3.8) is 0 Å². The number of carbonyl (C=O) groups excluding carboxylic acids is 2. The second kappa shape index (κ2) is 9.55. The van der Waals surface area contributed by atoms with Crippen LogP contribution in [0.4, 0.5) is 0 Å². The summed E-state index contributed by atoms with van der Waals surface area (Å²) in [5.74, 6) is 0.513. The summed E-state index contributed by atoms with van der Waals surface area (Å²) in [5.41, 5.74) is 2.69. The average molecular weight is 460 g/mol. The standard InChI is InChI=1S/C27H29N3O4/c1-27(2,3)29-26(32)25-21-15-19(33-4)12-13-23(21)34-17-24(31)30(25)16-18-9-5-6-10-20(18)22-11-7-8-14-28-22/h5-15,25H,16-17H2,1-4H3,(H,29,32). The van der Waals surface area contributed by atoms with E-state index in [1.165, 1.54) is 0 Å². The molecule has 7 heteroatoms. The number of pyridine rings is 1. The Hall–Kier alpha value is -3.87. The first kappa shape index (κ1) is 23.3. The van der Waals surface area contributed by atoms with E-state index in [9.17, 15) is 9.59 Å². The number of ether oxygens (including phenoxy) is 2. The summed E-state index contributed by atoms with van der Waals surface area (Å²) in [5, 5.41) is 3.04. The van der Waals surface area contributed by atoms with Crippen LogP contribution in [0.3, 0.4) is 0 Å². The minimum Gasteiger partial charge on any atom is -0.497 e. The van der Waals surface area contributed by atoms with Gasteiger partial charge in [-0.2, -0.15) is 0 Å². The molecule has 0 fully saturated rings. The molecule has 2 amide bonds. The van der Waals surface area contributed by atoms with Crippen LogP contribution in [-0.4, -0.2) is 41.0 Å². The highest BCUT2D eigenvalue weighted by molar-refractivity contribution is 5.91. The van der Waals surface area contributed by atoms with Gasteiger partial charge < -0.3 is 19.7 Å². The van der Waals surface area contributed by atoms with Gasteiger partial charge in [0.25, 0.3) is 5.91 Å². The minimum atomic E-state index is -0.892. The third-order valence-electron chi connectivity index (χ3n) is 5.54. The van der Waals surface area contributed by atoms with Gasteiger partial charge in [0.2, 0.25) is 5.91 Å². The van der Waals surface area contributed by atoms with Crippen LogP contribution in [0.2, 0.25) is 0 Å². The number of hydrogen-bond donors (Lipinski definition) is 1. The van der Waals surface area contributed by atoms with E-state index in [1.807, 2.05) is 63.2 Å². The molecule has 1 aliphatic rings. The molecular weight excluding hydrogens is 430 g/mol. The molecule has 4 rings (SSSR count). The fraction of sp³-hybridized carbons (Fsp3) is 0.296. The molecule has 176 valence electrons. The molecule has 0 saturated carbocycles. The van der Waals surface area contributed by atoms with E-state index in [0.29, 0.717) is 17.1 Å². The van der Waals surface area contributed by atoms with Gasteiger partial charge in [-0.3, -0.25) is 14.6 Å². The molecule has 0 spiro atoms. The van der Waals surface area contributed by atoms with Crippen LogP contribution in [-0.2, 0) is 16.1 Å². The number of rotatable bonds is 5. The predicted octanol–water partition coefficient (Wildman–Crippen LogP) is 4.13. The van der Waals surface area contributed by atoms with Crippen LogP contribution in [0.15, 0.2) is 66.9 Å². The van der Waals surface area contributed by atoms with E-state index in [0.717, 1.165) is 16.8 Å². The van der Waals surface area contributed by atoms with Gasteiger partial charge in [-0.05, 0) is 56.7 Å². The molecule has 7 nitrogen and oxygen atoms in total. The van der Waals surface area contributed by atoms with Gasteiger partial charge in [-0.1, -0.05) is 30.3 Å². The van der Waals surface area contributed by atoms with Gasteiger partial charge in [0.05, 0.1) is 12.8 Å². The molecule has 3 aromatic rings. The number of nitrogens with one attached hydrogen (secondary N) is 1. The van der Waals surface area contributed by atoms with Crippen molar-refractivity contribution in [3.05, 3.63) is 78.0 Å². The van der Waals surface area contributed by atoms with Crippen LogP contribution >= 0.6 is 0 Å². The fourth-order valence-electron chi connectivity index (χ4n) is 4.05. The van der Waals surface area contributed by atoms with Gasteiger partial charge in [0, 0.05) is 29.4 Å². The number of fused-ring (bicyclic) bond motifs is 1. The molecule has 1 unspecified atom stereocenters. The SMILES string of the molecule is COc1ccc2c(c1)C(C(=O)NC(C)(C)C)N(Cc1ccccc1-c1ccccn1)C(=O)CO2. The van der Waals surface area contributed by atoms with Crippen molar-refractivity contribution in [1.29, 1.82) is 0 Å². The van der Waals surface area contributed by atoms with Crippen molar-refractivity contribution < 1.29 is 19.1 Å². The predicted molar refractivity (Wildman–Crippen MR) is 129 cm³/mol. The smallest absolute Gasteiger partial charge is 0.261 e. The highest BCUT2D eigenvalue weighted by Gasteiger charge is 2.38. The lowest BCUT2D eigenvalue weighted by molar-refractivity contribution is -0.142. The number of amides is 2. The molecule has 0 bridgehead atoms. The van der Waals surface area contributed by atoms with Gasteiger partial charge >= 0.3 is 0 Å². The molecule has 1 N–H and O–H groups in total. The number of aromatic nitrogens is 1. The zero-order chi connectivity index (χ0) is 24.3. The monoisotopic (exact) mass is 459 g/mol. The molecule has 2 aromatic carbocycles. The van der Waals surface area contributed by atoms with Crippen molar-refractivity contribution in [1.82, 2.24) is 15.2 Å². The van der Waals surface area contributed by atoms with Crippen molar-refractivity contribution in [2.75, 3.05) is 13.7 Å². The number of methoxy groups -OCH3 is 1. The molecule has 0 saturated heterocycles. The Morgan fingerprint density at radius 1 is 1.15 bits per heavy atom. The van der Waals surface area contributed by atoms with Gasteiger partial charge in [-0.25, -0.2) is 0 Å². The summed E-state index contributed by atoms with van der Waals surface area (Å²) in [7, 11) is 1.57. The molecule has 2 heterocycles. The topological polar surface area (TPSA) is 80.8 Å². The highest BCUT2D eigenvalue weighted by Crippen LogP contribution is 2.37. The average Bonchev–Trinajstić information content (AvgIpc) is 2.95. The maximum Gasteiger partial charge on any atom is 0.261 e. The van der Waals surface area contributed by atoms with Gasteiger partial charge in [-0.15, -0.1) is 0 Å². The quantitative estimate of drug-likeness (QED) is 0.620. The number of carbonyl (C=O) groups is 2. The third-order valence-corrected chi connectivity index (χ3v) is 5.54. The Labute approximate surface area is 199 Å². The first-order valence-electron chi connectivity index (χ1n) is 11.2. The zero-order valence-corrected chi connectivity index (χ0v) is 19.9. The van der Waals surface area contributed by atoms with Crippen molar-refractivity contribution in [2.24, 2.45) is 0 Å². The van der Waals surface area contributed by atoms with Crippen LogP contribution in [0, 0.1) is 0 Å². The number of benzene rings is 2. The Balaban J connectivity index is 1.81. The summed E-state index contributed by atoms with van der Waals surface area (Å²) in [6, 6.07) is 17.9. The Bertz CT molecular complexity index is 1190. The minimum absolute atomic E-state index is 0.162. The number of nitrogens with zero attached hydrogens (tertiary/aromatic N) is 2. The third kappa shape index (κ3) is 5.03. The molecule has 0 radical (unpaired) electrons. The highest BCUT2D eigenvalue weighted by atomic mass is 16.5. The molecular formula is C27H29N3O4. The second-order valence-corrected chi connectivity index (χ2v) is 9.23. The van der Waals surface area contributed by atoms with E-state index in [2.05, 4.69) is 10.3 Å². The summed E-state index contributed by atoms with van der Waals surface area (Å²) in [6.07, 6.45) is 1.74. The summed E-state index contributed by atoms with van der Waals surface area (Å²) in [6.45, 7) is 5.78. The zero-order valence-electron chi connectivity index (χ0n) is 19.9. The lowest BCUT2D eigenvalue weighted by Gasteiger charge is -2.32. The lowest BCUT2D eigenvalue weighted by atomic mass is 9.98. The molecule has 1 aliphatic heterocycles. The second-order valence-electron chi connectivity index (χ2n) is 9.23. The molecule has 0 aliphatic carbocycles. The van der Waals surface area contributed by atoms with Crippen LogP contribution in [0.25, 0.3) is 11.3 Å². The van der Waals surface area contributed by atoms with Crippen LogP contribution in [0.1, 0.15) is 37.9 Å². The maximum atomic E-state index is 13.6. The largest absolute Gasteiger partial charge is 0.497 e. The summed E-state index contributed by atoms with van der Waals surface area (Å²) < 4.78 is 11.2. The lowest BCUT2D eigenvalue weighted by Crippen LogP contribution is -2.49. The maximum absolute atomic E-state index is 13.6. The van der Waals surface area contributed by atoms with E-state index in [-0.39, 0.29) is 25.0 Å². The van der Waals surface area contributed by atoms with E-state index in [1.54, 1.807) is 36.4 Å². The van der Waals surface area contributed by atoms with E-state index in [4.69, 9.17) is 9.47 Å². The summed E-state index contributed by atoms with van der Waals surface area (Å²) in [4.78, 5) is 33.0. The number of hydrogen-bond acceptors (Lipinski definition) is 5. The van der Waals surface area contributed by atoms with Gasteiger partial charge in [0.1, 0.15) is 17.5 Å². The Morgan fingerprint density at radius 3 is 2.62 bits per heavy atom. The van der Waals surface area contributed by atoms with Crippen molar-refractivity contribution in [3.8, 4) is 22.8 Å². The van der Waals surface area contributed by atoms with Crippen LogP contribution < -0.4 is 14.8 Å². The van der Waals surface area contributed by atoms with Crippen molar-refractivity contribution in [2.45, 2.75) is 38.9 Å². The van der Waals surface area contributed by atoms with E-state index >= 15 is 0 Å². The molecule has 1 atom stereocenters. The Kier molecular flexibility index (Phi) is 6.54. The summed E-state index contributed by atoms with van der Waals surface area (Å²) >= 11 is 0. The molecule has 34 heavy (non-hydrogen) atoms. The first-order valence-corrected chi connectivity index (χ1v) is 11.2. The van der Waals surface area contributed by atoms with Crippen LogP contribution in [0.5, 0.6) is 11.5 Å². The fourth-order valence-corrected chi connectivity index (χ4v) is 4.05. The Morgan fingerprint density at radius 2 is 1.91 bits per heavy atom. The molecule has 1 aromatic heterocycles. The van der Waals surface area contributed by atoms with Gasteiger partial charge in [0.15, 0.2) is 6.61 Å². The normalized spacial score (nSPS) is 15.7. The first-order chi connectivity index (χ1) is 16.3. The van der Waals surface area contributed by atoms with Crippen molar-refractivity contribution >= 4 is 11.8 Å². The van der Waals surface area contributed by atoms with E-state index < -0.39 is 11.6 Å².